The topological polar surface area (TPSA) is 271 Å². The molecule has 3 amide bonds. The number of carbonyl (C=O) groups is 2. The first kappa shape index (κ1) is 34.9. The maximum Gasteiger partial charge on any atom is 0.483 e. The molecule has 22 heteroatoms. The Hall–Kier alpha value is 0.920. The number of phosphoric ester groups is 2. The largest absolute Gasteiger partial charge is 0.483 e. The number of nitrogens with zero attached hydrogens (tertiary/aromatic N) is 1. The SMILES string of the molecule is O=C1CCN([C@@H]2O[C@H](COP(=O)(O)OP(=O)(O)O[C@H]3OC[C@@H](O)[C@H](O)[C@H]3O)[C@@H](O)[C@H]2O)C(=O)N1.[Na].[Na]. The number of imide groups is 1. The van der Waals surface area contributed by atoms with Crippen LogP contribution in [0, 0.1) is 0 Å². The van der Waals surface area contributed by atoms with Crippen molar-refractivity contribution in [2.24, 2.45) is 0 Å². The van der Waals surface area contributed by atoms with E-state index in [0.29, 0.717) is 0 Å². The predicted octanol–water partition coefficient (Wildman–Crippen LogP) is -4.70. The average molecular weight is 584 g/mol. The Balaban J connectivity index is 0.00000324. The van der Waals surface area contributed by atoms with E-state index < -0.39 is 89.9 Å². The van der Waals surface area contributed by atoms with Crippen LogP contribution in [-0.4, -0.2) is 180 Å². The fourth-order valence-electron chi connectivity index (χ4n) is 3.29. The Bertz CT molecular complexity index is 886. The molecule has 3 aliphatic rings. The summed E-state index contributed by atoms with van der Waals surface area (Å²) in [5.41, 5.74) is 0. The Morgan fingerprint density at radius 2 is 1.61 bits per heavy atom. The van der Waals surface area contributed by atoms with Crippen LogP contribution in [0.5, 0.6) is 0 Å². The molecule has 3 saturated heterocycles. The minimum Gasteiger partial charge on any atom is -0.388 e. The Kier molecular flexibility index (Phi) is 13.6. The van der Waals surface area contributed by atoms with Gasteiger partial charge in [0.15, 0.2) is 12.5 Å². The Labute approximate surface area is 247 Å². The molecule has 0 aromatic carbocycles. The normalized spacial score (nSPS) is 38.2. The molecule has 2 unspecified atom stereocenters. The van der Waals surface area contributed by atoms with E-state index in [1.54, 1.807) is 0 Å². The summed E-state index contributed by atoms with van der Waals surface area (Å²) in [6, 6.07) is -0.895. The van der Waals surface area contributed by atoms with E-state index in [1.165, 1.54) is 0 Å². The molecule has 3 heterocycles. The van der Waals surface area contributed by atoms with Crippen molar-refractivity contribution in [3.63, 3.8) is 0 Å². The van der Waals surface area contributed by atoms with Crippen molar-refractivity contribution >= 4 is 86.7 Å². The molecule has 18 nitrogen and oxygen atoms in total. The van der Waals surface area contributed by atoms with Crippen LogP contribution < -0.4 is 5.32 Å². The maximum absolute atomic E-state index is 12.1. The van der Waals surface area contributed by atoms with Crippen LogP contribution in [0.3, 0.4) is 0 Å². The van der Waals surface area contributed by atoms with Crippen molar-refractivity contribution in [2.45, 2.75) is 55.6 Å². The summed E-state index contributed by atoms with van der Waals surface area (Å²) in [7, 11) is -10.9. The van der Waals surface area contributed by atoms with Crippen molar-refractivity contribution in [2.75, 3.05) is 19.8 Å². The van der Waals surface area contributed by atoms with Crippen LogP contribution in [0.25, 0.3) is 0 Å². The minimum atomic E-state index is -5.46. The van der Waals surface area contributed by atoms with Gasteiger partial charge < -0.3 is 44.8 Å². The second-order valence-electron chi connectivity index (χ2n) is 7.51. The maximum atomic E-state index is 12.1. The average Bonchev–Trinajstić information content (AvgIpc) is 3.00. The van der Waals surface area contributed by atoms with Gasteiger partial charge in [0.1, 0.15) is 36.6 Å². The van der Waals surface area contributed by atoms with Crippen LogP contribution in [-0.2, 0) is 36.8 Å². The first-order valence-electron chi connectivity index (χ1n) is 9.68. The van der Waals surface area contributed by atoms with Crippen molar-refractivity contribution in [1.29, 1.82) is 0 Å². The van der Waals surface area contributed by atoms with Crippen molar-refractivity contribution in [3.05, 3.63) is 0 Å². The molecule has 198 valence electrons. The molecule has 0 bridgehead atoms. The number of ether oxygens (including phenoxy) is 2. The number of urea groups is 1. The number of hydrogen-bond donors (Lipinski definition) is 8. The third-order valence-corrected chi connectivity index (χ3v) is 7.63. The van der Waals surface area contributed by atoms with Crippen molar-refractivity contribution in [3.8, 4) is 0 Å². The fourth-order valence-corrected chi connectivity index (χ4v) is 5.46. The zero-order chi connectivity index (χ0) is 25.4. The van der Waals surface area contributed by atoms with E-state index >= 15 is 0 Å². The first-order chi connectivity index (χ1) is 15.7. The number of amides is 3. The van der Waals surface area contributed by atoms with Gasteiger partial charge in [0, 0.05) is 72.1 Å². The number of rotatable bonds is 8. The quantitative estimate of drug-likeness (QED) is 0.0983. The van der Waals surface area contributed by atoms with E-state index in [4.69, 9.17) is 9.47 Å². The van der Waals surface area contributed by atoms with E-state index in [0.717, 1.165) is 4.90 Å². The van der Waals surface area contributed by atoms with Gasteiger partial charge in [0.2, 0.25) is 5.91 Å². The van der Waals surface area contributed by atoms with E-state index in [2.05, 4.69) is 13.4 Å². The van der Waals surface area contributed by atoms with Gasteiger partial charge in [0.05, 0.1) is 13.2 Å². The number of hydrogen-bond acceptors (Lipinski definition) is 14. The zero-order valence-corrected chi connectivity index (χ0v) is 24.9. The summed E-state index contributed by atoms with van der Waals surface area (Å²) in [6.07, 6.45) is -13.8. The van der Waals surface area contributed by atoms with Crippen LogP contribution in [0.15, 0.2) is 0 Å². The molecule has 3 rings (SSSR count). The Morgan fingerprint density at radius 1 is 0.972 bits per heavy atom. The standard InChI is InChI=1S/C14H24N2O16P2.2Na/c17-5-3-28-13(11(22)8(5)19)31-34(26,27)32-33(24,25)29-4-6-9(20)10(21)12(30-6)16-2-1-7(18)15-14(16)23;;/h5-6,8-13,17,19-22H,1-4H2,(H,24,25)(H,26,27)(H,15,18,23);;/t5-,6-,8+,9-,10-,11-,12-,13-;;/m1../s1. The van der Waals surface area contributed by atoms with Gasteiger partial charge in [0.25, 0.3) is 0 Å². The second kappa shape index (κ2) is 14.0. The summed E-state index contributed by atoms with van der Waals surface area (Å²) < 4.78 is 47.1. The molecule has 2 radical (unpaired) electrons. The molecule has 0 aromatic heterocycles. The number of aliphatic hydroxyl groups excluding tert-OH is 5. The second-order valence-corrected chi connectivity index (χ2v) is 10.5. The van der Waals surface area contributed by atoms with E-state index in [1.807, 2.05) is 5.32 Å². The molecule has 3 aliphatic heterocycles. The number of aliphatic hydroxyl groups is 5. The summed E-state index contributed by atoms with van der Waals surface area (Å²) in [6.45, 7) is -1.70. The molecule has 8 N–H and O–H groups in total. The van der Waals surface area contributed by atoms with Gasteiger partial charge in [-0.2, -0.15) is 4.31 Å². The molecule has 0 spiro atoms. The van der Waals surface area contributed by atoms with Crippen LogP contribution in [0.4, 0.5) is 4.79 Å². The minimum absolute atomic E-state index is 0. The first-order valence-corrected chi connectivity index (χ1v) is 12.7. The van der Waals surface area contributed by atoms with Gasteiger partial charge >= 0.3 is 21.7 Å². The summed E-state index contributed by atoms with van der Waals surface area (Å²) in [5.74, 6) is -0.556. The number of nitrogens with one attached hydrogen (secondary N) is 1. The summed E-state index contributed by atoms with van der Waals surface area (Å²) in [4.78, 5) is 43.5. The van der Waals surface area contributed by atoms with E-state index in [9.17, 15) is 54.0 Å². The molecule has 36 heavy (non-hydrogen) atoms. The van der Waals surface area contributed by atoms with Gasteiger partial charge in [-0.25, -0.2) is 13.9 Å². The smallest absolute Gasteiger partial charge is 0.388 e. The molecule has 10 atom stereocenters. The monoisotopic (exact) mass is 584 g/mol. The van der Waals surface area contributed by atoms with Crippen molar-refractivity contribution in [1.82, 2.24) is 10.2 Å². The summed E-state index contributed by atoms with van der Waals surface area (Å²) in [5, 5.41) is 50.8. The van der Waals surface area contributed by atoms with Gasteiger partial charge in [-0.1, -0.05) is 0 Å². The fraction of sp³-hybridized carbons (Fsp3) is 0.857. The molecule has 0 saturated carbocycles. The number of phosphoric acid groups is 2. The van der Waals surface area contributed by atoms with Crippen molar-refractivity contribution < 1.29 is 76.9 Å². The molecular weight excluding hydrogens is 560 g/mol. The third kappa shape index (κ3) is 8.71. The Morgan fingerprint density at radius 3 is 2.22 bits per heavy atom. The predicted molar refractivity (Wildman–Crippen MR) is 113 cm³/mol. The van der Waals surface area contributed by atoms with Crippen LogP contribution >= 0.6 is 15.6 Å². The van der Waals surface area contributed by atoms with Gasteiger partial charge in [-0.15, -0.1) is 0 Å². The number of carbonyl (C=O) groups excluding carboxylic acids is 2. The van der Waals surface area contributed by atoms with Crippen LogP contribution in [0.1, 0.15) is 6.42 Å². The van der Waals surface area contributed by atoms with Crippen LogP contribution in [0.2, 0.25) is 0 Å². The third-order valence-electron chi connectivity index (χ3n) is 5.03. The molecular formula is C14H24N2Na2O16P2. The van der Waals surface area contributed by atoms with E-state index in [-0.39, 0.29) is 72.1 Å². The van der Waals surface area contributed by atoms with Gasteiger partial charge in [-0.3, -0.25) is 24.1 Å². The molecule has 3 fully saturated rings. The van der Waals surface area contributed by atoms with Gasteiger partial charge in [-0.05, 0) is 0 Å². The molecule has 0 aliphatic carbocycles. The summed E-state index contributed by atoms with van der Waals surface area (Å²) >= 11 is 0. The zero-order valence-electron chi connectivity index (χ0n) is 19.1. The molecule has 0 aromatic rings.